The van der Waals surface area contributed by atoms with Crippen molar-refractivity contribution in [3.05, 3.63) is 23.8 Å². The molecule has 0 aromatic heterocycles. The maximum atomic E-state index is 13.7. The van der Waals surface area contributed by atoms with Crippen LogP contribution in [0.5, 0.6) is 11.5 Å². The van der Waals surface area contributed by atoms with Crippen molar-refractivity contribution in [2.24, 2.45) is 0 Å². The van der Waals surface area contributed by atoms with Crippen LogP contribution in [0.15, 0.2) is 18.2 Å². The van der Waals surface area contributed by atoms with Gasteiger partial charge in [0.05, 0.1) is 18.8 Å². The van der Waals surface area contributed by atoms with Crippen LogP contribution in [0.2, 0.25) is 0 Å². The standard InChI is InChI=1S/C19H27F3O6S/c1-4-6-8-26-15-10-14(11-16(12-15)27-9-7-5-2)18(23)28-13-17(20)19(21,22)29(3,24)25/h10-12,17H,4-9,13H2,1-3H3. The molecule has 0 bridgehead atoms. The summed E-state index contributed by atoms with van der Waals surface area (Å²) in [5.41, 5.74) is -0.0830. The van der Waals surface area contributed by atoms with E-state index in [2.05, 4.69) is 4.74 Å². The molecule has 1 aromatic carbocycles. The van der Waals surface area contributed by atoms with Gasteiger partial charge in [0.15, 0.2) is 0 Å². The minimum absolute atomic E-state index is 0.0830. The summed E-state index contributed by atoms with van der Waals surface area (Å²) in [4.78, 5) is 12.2. The number of halogens is 3. The molecule has 0 aliphatic heterocycles. The minimum atomic E-state index is -4.99. The zero-order valence-electron chi connectivity index (χ0n) is 16.8. The lowest BCUT2D eigenvalue weighted by atomic mass is 10.2. The van der Waals surface area contributed by atoms with Crippen molar-refractivity contribution in [1.82, 2.24) is 0 Å². The zero-order chi connectivity index (χ0) is 22.1. The smallest absolute Gasteiger partial charge is 0.378 e. The van der Waals surface area contributed by atoms with Crippen molar-refractivity contribution < 1.29 is 40.6 Å². The number of benzene rings is 1. The lowest BCUT2D eigenvalue weighted by molar-refractivity contribution is -0.0304. The van der Waals surface area contributed by atoms with Crippen molar-refractivity contribution in [3.8, 4) is 11.5 Å². The van der Waals surface area contributed by atoms with Gasteiger partial charge in [0, 0.05) is 12.3 Å². The normalized spacial score (nSPS) is 13.0. The third-order valence-corrected chi connectivity index (χ3v) is 5.11. The van der Waals surface area contributed by atoms with Gasteiger partial charge in [-0.05, 0) is 25.0 Å². The number of carbonyl (C=O) groups excluding carboxylic acids is 1. The Morgan fingerprint density at radius 3 is 1.93 bits per heavy atom. The molecular weight excluding hydrogens is 413 g/mol. The molecule has 1 unspecified atom stereocenters. The lowest BCUT2D eigenvalue weighted by Crippen LogP contribution is -2.41. The summed E-state index contributed by atoms with van der Waals surface area (Å²) in [6.07, 6.45) is 0.376. The summed E-state index contributed by atoms with van der Waals surface area (Å²) >= 11 is 0. The molecule has 29 heavy (non-hydrogen) atoms. The summed E-state index contributed by atoms with van der Waals surface area (Å²) in [6, 6.07) is 4.23. The van der Waals surface area contributed by atoms with Gasteiger partial charge < -0.3 is 14.2 Å². The molecule has 1 atom stereocenters. The van der Waals surface area contributed by atoms with Crippen molar-refractivity contribution in [3.63, 3.8) is 0 Å². The van der Waals surface area contributed by atoms with E-state index in [1.54, 1.807) is 6.07 Å². The molecule has 10 heteroatoms. The van der Waals surface area contributed by atoms with E-state index in [1.807, 2.05) is 13.8 Å². The number of carbonyl (C=O) groups is 1. The Morgan fingerprint density at radius 1 is 1.03 bits per heavy atom. The van der Waals surface area contributed by atoms with E-state index < -0.39 is 33.8 Å². The fourth-order valence-corrected chi connectivity index (χ4v) is 2.62. The molecule has 0 heterocycles. The SMILES string of the molecule is CCCCOc1cc(OCCCC)cc(C(=O)OCC(F)C(F)(F)S(C)(=O)=O)c1. The quantitative estimate of drug-likeness (QED) is 0.338. The average molecular weight is 440 g/mol. The Hall–Kier alpha value is -1.97. The molecule has 0 saturated carbocycles. The maximum Gasteiger partial charge on any atom is 0.378 e. The van der Waals surface area contributed by atoms with E-state index in [-0.39, 0.29) is 11.8 Å². The van der Waals surface area contributed by atoms with Gasteiger partial charge in [0.2, 0.25) is 16.0 Å². The van der Waals surface area contributed by atoms with Crippen molar-refractivity contribution in [2.75, 3.05) is 26.1 Å². The lowest BCUT2D eigenvalue weighted by Gasteiger charge is -2.18. The highest BCUT2D eigenvalue weighted by Crippen LogP contribution is 2.29. The van der Waals surface area contributed by atoms with Crippen molar-refractivity contribution in [1.29, 1.82) is 0 Å². The molecule has 166 valence electrons. The van der Waals surface area contributed by atoms with Crippen LogP contribution in [0, 0.1) is 0 Å². The van der Waals surface area contributed by atoms with Gasteiger partial charge in [-0.15, -0.1) is 0 Å². The molecule has 0 spiro atoms. The maximum absolute atomic E-state index is 13.7. The first-order chi connectivity index (χ1) is 13.5. The van der Waals surface area contributed by atoms with Crippen molar-refractivity contribution in [2.45, 2.75) is 51.0 Å². The van der Waals surface area contributed by atoms with E-state index in [0.29, 0.717) is 24.7 Å². The third kappa shape index (κ3) is 7.75. The van der Waals surface area contributed by atoms with E-state index in [4.69, 9.17) is 9.47 Å². The summed E-state index contributed by atoms with van der Waals surface area (Å²) in [7, 11) is -4.99. The summed E-state index contributed by atoms with van der Waals surface area (Å²) < 4.78 is 78.2. The number of esters is 1. The molecule has 0 aliphatic carbocycles. The molecule has 0 amide bonds. The molecule has 0 radical (unpaired) electrons. The number of hydrogen-bond acceptors (Lipinski definition) is 6. The first-order valence-electron chi connectivity index (χ1n) is 9.32. The largest absolute Gasteiger partial charge is 0.493 e. The minimum Gasteiger partial charge on any atom is -0.493 e. The Labute approximate surface area is 169 Å². The van der Waals surface area contributed by atoms with E-state index >= 15 is 0 Å². The second-order valence-electron chi connectivity index (χ2n) is 6.50. The Kier molecular flexibility index (Phi) is 9.75. The molecule has 0 fully saturated rings. The van der Waals surface area contributed by atoms with Crippen LogP contribution in [-0.2, 0) is 14.6 Å². The fraction of sp³-hybridized carbons (Fsp3) is 0.632. The molecule has 0 aliphatic rings. The van der Waals surface area contributed by atoms with Crippen molar-refractivity contribution >= 4 is 15.8 Å². The Balaban J connectivity index is 2.91. The first kappa shape index (κ1) is 25.1. The molecule has 0 N–H and O–H groups in total. The van der Waals surface area contributed by atoms with Gasteiger partial charge in [-0.3, -0.25) is 0 Å². The summed E-state index contributed by atoms with van der Waals surface area (Å²) in [6.45, 7) is 3.35. The Morgan fingerprint density at radius 2 is 1.52 bits per heavy atom. The number of hydrogen-bond donors (Lipinski definition) is 0. The topological polar surface area (TPSA) is 78.9 Å². The van der Waals surface area contributed by atoms with Gasteiger partial charge in [0.1, 0.15) is 18.1 Å². The third-order valence-electron chi connectivity index (χ3n) is 3.87. The van der Waals surface area contributed by atoms with Gasteiger partial charge in [-0.1, -0.05) is 26.7 Å². The van der Waals surface area contributed by atoms with Crippen LogP contribution in [-0.4, -0.2) is 51.9 Å². The van der Waals surface area contributed by atoms with Crippen LogP contribution in [0.4, 0.5) is 13.2 Å². The molecule has 1 aromatic rings. The van der Waals surface area contributed by atoms with Gasteiger partial charge in [-0.2, -0.15) is 8.78 Å². The number of alkyl halides is 3. The summed E-state index contributed by atoms with van der Waals surface area (Å²) in [5.74, 6) is -0.464. The molecule has 1 rings (SSSR count). The van der Waals surface area contributed by atoms with Crippen LogP contribution >= 0.6 is 0 Å². The average Bonchev–Trinajstić information content (AvgIpc) is 2.65. The van der Waals surface area contributed by atoms with Gasteiger partial charge in [-0.25, -0.2) is 17.6 Å². The van der Waals surface area contributed by atoms with Crippen LogP contribution in [0.1, 0.15) is 49.9 Å². The highest BCUT2D eigenvalue weighted by molar-refractivity contribution is 7.91. The first-order valence-corrected chi connectivity index (χ1v) is 11.2. The highest BCUT2D eigenvalue weighted by atomic mass is 32.2. The number of rotatable bonds is 13. The predicted molar refractivity (Wildman–Crippen MR) is 102 cm³/mol. The van der Waals surface area contributed by atoms with E-state index in [1.165, 1.54) is 12.1 Å². The van der Waals surface area contributed by atoms with E-state index in [9.17, 15) is 26.4 Å². The second kappa shape index (κ2) is 11.3. The second-order valence-corrected chi connectivity index (χ2v) is 8.59. The number of sulfone groups is 1. The molecule has 0 saturated heterocycles. The van der Waals surface area contributed by atoms with E-state index in [0.717, 1.165) is 25.7 Å². The monoisotopic (exact) mass is 440 g/mol. The Bertz CT molecular complexity index is 739. The molecular formula is C19H27F3O6S. The number of unbranched alkanes of at least 4 members (excludes halogenated alkanes) is 2. The number of ether oxygens (including phenoxy) is 3. The highest BCUT2D eigenvalue weighted by Gasteiger charge is 2.51. The summed E-state index contributed by atoms with van der Waals surface area (Å²) in [5, 5.41) is -4.66. The van der Waals surface area contributed by atoms with Crippen LogP contribution < -0.4 is 9.47 Å². The predicted octanol–water partition coefficient (Wildman–Crippen LogP) is 4.18. The van der Waals surface area contributed by atoms with Gasteiger partial charge >= 0.3 is 11.2 Å². The molecule has 6 nitrogen and oxygen atoms in total. The van der Waals surface area contributed by atoms with Gasteiger partial charge in [0.25, 0.3) is 0 Å². The van der Waals surface area contributed by atoms with Crippen LogP contribution in [0.25, 0.3) is 0 Å². The zero-order valence-corrected chi connectivity index (χ0v) is 17.6. The van der Waals surface area contributed by atoms with Crippen LogP contribution in [0.3, 0.4) is 0 Å². The fourth-order valence-electron chi connectivity index (χ4n) is 2.09.